The summed E-state index contributed by atoms with van der Waals surface area (Å²) in [6.07, 6.45) is -1.23. The van der Waals surface area contributed by atoms with Crippen molar-refractivity contribution in [1.82, 2.24) is 29.1 Å². The summed E-state index contributed by atoms with van der Waals surface area (Å²) in [5.41, 5.74) is 0.926. The topological polar surface area (TPSA) is 89.0 Å². The molecule has 0 aliphatic carbocycles. The Hall–Kier alpha value is -4.61. The molecule has 0 spiro atoms. The third kappa shape index (κ3) is 4.72. The van der Waals surface area contributed by atoms with Crippen molar-refractivity contribution in [2.75, 3.05) is 14.2 Å². The van der Waals surface area contributed by atoms with Crippen LogP contribution < -0.4 is 15.2 Å². The third-order valence-electron chi connectivity index (χ3n) is 6.05. The summed E-state index contributed by atoms with van der Waals surface area (Å²) in [7, 11) is 2.99. The number of methoxy groups -OCH3 is 2. The number of fused-ring (bicyclic) bond motifs is 1. The Bertz CT molecular complexity index is 1660. The van der Waals surface area contributed by atoms with E-state index in [1.54, 1.807) is 54.7 Å². The van der Waals surface area contributed by atoms with E-state index in [-0.39, 0.29) is 24.6 Å². The number of halogens is 3. The van der Waals surface area contributed by atoms with Crippen LogP contribution >= 0.6 is 0 Å². The zero-order valence-electron chi connectivity index (χ0n) is 20.5. The fraction of sp³-hybridized carbons (Fsp3) is 0.231. The molecule has 196 valence electrons. The average molecular weight is 525 g/mol. The van der Waals surface area contributed by atoms with E-state index in [0.29, 0.717) is 38.3 Å². The minimum absolute atomic E-state index is 0.0352. The van der Waals surface area contributed by atoms with Crippen LogP contribution in [0.25, 0.3) is 22.6 Å². The monoisotopic (exact) mass is 524 g/mol. The zero-order chi connectivity index (χ0) is 26.8. The predicted octanol–water partition coefficient (Wildman–Crippen LogP) is 3.97. The smallest absolute Gasteiger partial charge is 0.346 e. The van der Waals surface area contributed by atoms with Gasteiger partial charge in [-0.05, 0) is 30.3 Å². The lowest BCUT2D eigenvalue weighted by Gasteiger charge is -2.11. The van der Waals surface area contributed by atoms with Crippen LogP contribution in [-0.4, -0.2) is 49.8 Å². The second-order valence-electron chi connectivity index (χ2n) is 8.42. The SMILES string of the molecule is COc1ccc(Cn2c(-c3nn(Cc4ccccc4F)c4ncccc34)nn(CC(F)F)c2=O)c(OC)c1. The number of hydrogen-bond acceptors (Lipinski definition) is 6. The van der Waals surface area contributed by atoms with E-state index in [9.17, 15) is 18.0 Å². The Morgan fingerprint density at radius 3 is 2.47 bits per heavy atom. The highest BCUT2D eigenvalue weighted by Gasteiger charge is 2.24. The fourth-order valence-electron chi connectivity index (χ4n) is 4.23. The molecule has 9 nitrogen and oxygen atoms in total. The van der Waals surface area contributed by atoms with E-state index in [0.717, 1.165) is 0 Å². The molecule has 0 fully saturated rings. The highest BCUT2D eigenvalue weighted by molar-refractivity contribution is 5.89. The van der Waals surface area contributed by atoms with Gasteiger partial charge in [0.15, 0.2) is 11.5 Å². The van der Waals surface area contributed by atoms with E-state index in [2.05, 4.69) is 15.2 Å². The van der Waals surface area contributed by atoms with Crippen molar-refractivity contribution in [3.05, 3.63) is 88.2 Å². The van der Waals surface area contributed by atoms with E-state index in [1.165, 1.54) is 29.5 Å². The van der Waals surface area contributed by atoms with Gasteiger partial charge in [0.1, 0.15) is 29.6 Å². The number of nitrogens with zero attached hydrogens (tertiary/aromatic N) is 6. The van der Waals surface area contributed by atoms with E-state index < -0.39 is 24.5 Å². The number of pyridine rings is 1. The van der Waals surface area contributed by atoms with Gasteiger partial charge < -0.3 is 9.47 Å². The summed E-state index contributed by atoms with van der Waals surface area (Å²) in [5.74, 6) is 0.660. The van der Waals surface area contributed by atoms with Gasteiger partial charge in [0.2, 0.25) is 0 Å². The Morgan fingerprint density at radius 2 is 1.74 bits per heavy atom. The first-order valence-electron chi connectivity index (χ1n) is 11.6. The molecule has 0 aliphatic rings. The summed E-state index contributed by atoms with van der Waals surface area (Å²) in [6.45, 7) is -0.855. The minimum Gasteiger partial charge on any atom is -0.497 e. The number of alkyl halides is 2. The molecule has 3 heterocycles. The van der Waals surface area contributed by atoms with Gasteiger partial charge in [-0.2, -0.15) is 5.10 Å². The van der Waals surface area contributed by atoms with Crippen LogP contribution in [0.3, 0.4) is 0 Å². The maximum atomic E-state index is 14.4. The van der Waals surface area contributed by atoms with Crippen molar-refractivity contribution in [3.8, 4) is 23.0 Å². The fourth-order valence-corrected chi connectivity index (χ4v) is 4.23. The van der Waals surface area contributed by atoms with Gasteiger partial charge in [-0.1, -0.05) is 18.2 Å². The van der Waals surface area contributed by atoms with Gasteiger partial charge in [-0.3, -0.25) is 4.57 Å². The first kappa shape index (κ1) is 25.1. The summed E-state index contributed by atoms with van der Waals surface area (Å²) in [5, 5.41) is 9.38. The van der Waals surface area contributed by atoms with Crippen molar-refractivity contribution < 1.29 is 22.6 Å². The molecular formula is C26H23F3N6O3. The van der Waals surface area contributed by atoms with E-state index in [1.807, 2.05) is 0 Å². The molecule has 5 aromatic rings. The van der Waals surface area contributed by atoms with Crippen molar-refractivity contribution in [1.29, 1.82) is 0 Å². The number of hydrogen-bond donors (Lipinski definition) is 0. The lowest BCUT2D eigenvalue weighted by Crippen LogP contribution is -2.27. The lowest BCUT2D eigenvalue weighted by molar-refractivity contribution is 0.120. The van der Waals surface area contributed by atoms with Crippen molar-refractivity contribution >= 4 is 11.0 Å². The number of benzene rings is 2. The molecule has 0 aliphatic heterocycles. The summed E-state index contributed by atoms with van der Waals surface area (Å²) >= 11 is 0. The molecule has 12 heteroatoms. The van der Waals surface area contributed by atoms with Crippen molar-refractivity contribution in [2.45, 2.75) is 26.1 Å². The molecule has 0 unspecified atom stereocenters. The lowest BCUT2D eigenvalue weighted by atomic mass is 10.2. The standard InChI is InChI=1S/C26H23F3N6O3/c1-37-18-10-9-17(21(12-18)38-2)13-33-25(32-35(26(33)36)15-22(28)29)23-19-7-5-11-30-24(19)34(31-23)14-16-6-3-4-8-20(16)27/h3-12,22H,13-15H2,1-2H3. The molecule has 0 N–H and O–H groups in total. The molecule has 0 saturated carbocycles. The molecule has 3 aromatic heterocycles. The van der Waals surface area contributed by atoms with Crippen LogP contribution in [0, 0.1) is 5.82 Å². The number of ether oxygens (including phenoxy) is 2. The van der Waals surface area contributed by atoms with Gasteiger partial charge in [0, 0.05) is 23.4 Å². The molecule has 0 amide bonds. The van der Waals surface area contributed by atoms with Crippen LogP contribution in [0.2, 0.25) is 0 Å². The van der Waals surface area contributed by atoms with Crippen LogP contribution in [0.5, 0.6) is 11.5 Å². The van der Waals surface area contributed by atoms with Gasteiger partial charge >= 0.3 is 5.69 Å². The molecule has 38 heavy (non-hydrogen) atoms. The molecule has 0 saturated heterocycles. The third-order valence-corrected chi connectivity index (χ3v) is 6.05. The zero-order valence-corrected chi connectivity index (χ0v) is 20.5. The Kier molecular flexibility index (Phi) is 6.86. The summed E-state index contributed by atoms with van der Waals surface area (Å²) in [6, 6.07) is 14.8. The predicted molar refractivity (Wildman–Crippen MR) is 133 cm³/mol. The maximum Gasteiger partial charge on any atom is 0.346 e. The molecule has 0 atom stereocenters. The quantitative estimate of drug-likeness (QED) is 0.290. The van der Waals surface area contributed by atoms with Crippen LogP contribution in [0.4, 0.5) is 13.2 Å². The van der Waals surface area contributed by atoms with E-state index >= 15 is 0 Å². The van der Waals surface area contributed by atoms with Gasteiger partial charge in [-0.15, -0.1) is 5.10 Å². The van der Waals surface area contributed by atoms with Gasteiger partial charge in [0.05, 0.1) is 32.7 Å². The molecule has 5 rings (SSSR count). The average Bonchev–Trinajstić information content (AvgIpc) is 3.42. The molecular weight excluding hydrogens is 501 g/mol. The summed E-state index contributed by atoms with van der Waals surface area (Å²) in [4.78, 5) is 17.7. The maximum absolute atomic E-state index is 14.4. The number of aromatic nitrogens is 6. The van der Waals surface area contributed by atoms with Gasteiger partial charge in [-0.25, -0.2) is 32.3 Å². The van der Waals surface area contributed by atoms with Crippen LogP contribution in [-0.2, 0) is 19.6 Å². The second-order valence-corrected chi connectivity index (χ2v) is 8.42. The van der Waals surface area contributed by atoms with Crippen molar-refractivity contribution in [2.24, 2.45) is 0 Å². The highest BCUT2D eigenvalue weighted by atomic mass is 19.3. The Morgan fingerprint density at radius 1 is 0.921 bits per heavy atom. The molecule has 2 aromatic carbocycles. The van der Waals surface area contributed by atoms with Gasteiger partial charge in [0.25, 0.3) is 6.43 Å². The first-order chi connectivity index (χ1) is 18.4. The largest absolute Gasteiger partial charge is 0.497 e. The van der Waals surface area contributed by atoms with Crippen LogP contribution in [0.15, 0.2) is 65.6 Å². The highest BCUT2D eigenvalue weighted by Crippen LogP contribution is 2.29. The Labute approximate surface area is 214 Å². The normalized spacial score (nSPS) is 11.4. The second kappa shape index (κ2) is 10.4. The first-order valence-corrected chi connectivity index (χ1v) is 11.6. The Balaban J connectivity index is 1.67. The number of rotatable bonds is 9. The van der Waals surface area contributed by atoms with Crippen molar-refractivity contribution in [3.63, 3.8) is 0 Å². The molecule has 0 radical (unpaired) electrons. The molecule has 0 bridgehead atoms. The summed E-state index contributed by atoms with van der Waals surface area (Å²) < 4.78 is 55.2. The minimum atomic E-state index is -2.79. The van der Waals surface area contributed by atoms with Crippen LogP contribution in [0.1, 0.15) is 11.1 Å². The van der Waals surface area contributed by atoms with E-state index in [4.69, 9.17) is 9.47 Å².